The van der Waals surface area contributed by atoms with Crippen molar-refractivity contribution in [1.82, 2.24) is 10.6 Å². The van der Waals surface area contributed by atoms with Crippen molar-refractivity contribution in [3.8, 4) is 0 Å². The van der Waals surface area contributed by atoms with E-state index in [1.54, 1.807) is 18.3 Å². The normalized spacial score (nSPS) is 19.8. The maximum atomic E-state index is 12.2. The molecule has 2 atom stereocenters. The van der Waals surface area contributed by atoms with Crippen LogP contribution in [-0.4, -0.2) is 36.8 Å². The van der Waals surface area contributed by atoms with Crippen LogP contribution in [0.5, 0.6) is 0 Å². The fourth-order valence-electron chi connectivity index (χ4n) is 2.47. The summed E-state index contributed by atoms with van der Waals surface area (Å²) in [4.78, 5) is 13.5. The van der Waals surface area contributed by atoms with Gasteiger partial charge in [-0.3, -0.25) is 4.79 Å². The van der Waals surface area contributed by atoms with Crippen LogP contribution in [0.1, 0.15) is 36.1 Å². The summed E-state index contributed by atoms with van der Waals surface area (Å²) in [7, 11) is 0. The quantitative estimate of drug-likeness (QED) is 0.688. The third-order valence-electron chi connectivity index (χ3n) is 3.41. The maximum Gasteiger partial charge on any atom is 0.227 e. The molecule has 0 spiro atoms. The highest BCUT2D eigenvalue weighted by atomic mass is 32.1. The van der Waals surface area contributed by atoms with Crippen molar-refractivity contribution in [3.05, 3.63) is 21.9 Å². The van der Waals surface area contributed by atoms with E-state index in [2.05, 4.69) is 22.1 Å². The van der Waals surface area contributed by atoms with Crippen molar-refractivity contribution >= 4 is 17.2 Å². The predicted molar refractivity (Wildman–Crippen MR) is 77.6 cm³/mol. The summed E-state index contributed by atoms with van der Waals surface area (Å²) >= 11 is 1.76. The number of hydrogen-bond donors (Lipinski definition) is 3. The molecular formula is C14H22N2O2S. The number of amides is 1. The minimum absolute atomic E-state index is 0.0340. The Balaban J connectivity index is 1.76. The molecule has 3 N–H and O–H groups in total. The van der Waals surface area contributed by atoms with E-state index in [0.29, 0.717) is 19.6 Å². The molecule has 4 nitrogen and oxygen atoms in total. The van der Waals surface area contributed by atoms with Crippen LogP contribution in [0, 0.1) is 0 Å². The van der Waals surface area contributed by atoms with E-state index in [4.69, 9.17) is 5.11 Å². The Labute approximate surface area is 118 Å². The number of thiophene rings is 1. The summed E-state index contributed by atoms with van der Waals surface area (Å²) < 4.78 is 0. The first-order chi connectivity index (χ1) is 9.18. The van der Waals surface area contributed by atoms with Crippen LogP contribution in [0.3, 0.4) is 0 Å². The highest BCUT2D eigenvalue weighted by Crippen LogP contribution is 2.34. The SMILES string of the molecule is CC(O)CNCCNC(=O)C1CCCc2sccc21. The fraction of sp³-hybridized carbons (Fsp3) is 0.643. The zero-order valence-electron chi connectivity index (χ0n) is 11.3. The van der Waals surface area contributed by atoms with Gasteiger partial charge in [0.05, 0.1) is 12.0 Å². The molecule has 2 rings (SSSR count). The average molecular weight is 282 g/mol. The van der Waals surface area contributed by atoms with Crippen LogP contribution < -0.4 is 10.6 Å². The van der Waals surface area contributed by atoms with Gasteiger partial charge in [-0.05, 0) is 43.2 Å². The summed E-state index contributed by atoms with van der Waals surface area (Å²) in [5.41, 5.74) is 1.23. The zero-order chi connectivity index (χ0) is 13.7. The summed E-state index contributed by atoms with van der Waals surface area (Å²) in [5, 5.41) is 17.3. The number of carbonyl (C=O) groups is 1. The lowest BCUT2D eigenvalue weighted by molar-refractivity contribution is -0.122. The van der Waals surface area contributed by atoms with E-state index in [1.165, 1.54) is 10.4 Å². The largest absolute Gasteiger partial charge is 0.392 e. The van der Waals surface area contributed by atoms with E-state index in [1.807, 2.05) is 0 Å². The molecule has 106 valence electrons. The van der Waals surface area contributed by atoms with Crippen molar-refractivity contribution in [2.45, 2.75) is 38.2 Å². The second-order valence-corrected chi connectivity index (χ2v) is 6.09. The van der Waals surface area contributed by atoms with Crippen molar-refractivity contribution < 1.29 is 9.90 Å². The van der Waals surface area contributed by atoms with E-state index in [0.717, 1.165) is 19.3 Å². The molecule has 1 aliphatic rings. The summed E-state index contributed by atoms with van der Waals surface area (Å²) in [6, 6.07) is 2.09. The van der Waals surface area contributed by atoms with E-state index < -0.39 is 0 Å². The van der Waals surface area contributed by atoms with Crippen molar-refractivity contribution in [2.24, 2.45) is 0 Å². The fourth-order valence-corrected chi connectivity index (χ4v) is 3.45. The molecular weight excluding hydrogens is 260 g/mol. The predicted octanol–water partition coefficient (Wildman–Crippen LogP) is 1.25. The van der Waals surface area contributed by atoms with Gasteiger partial charge in [0.25, 0.3) is 0 Å². The third kappa shape index (κ3) is 4.03. The Morgan fingerprint density at radius 1 is 1.58 bits per heavy atom. The van der Waals surface area contributed by atoms with Crippen molar-refractivity contribution in [1.29, 1.82) is 0 Å². The van der Waals surface area contributed by atoms with Crippen LogP contribution >= 0.6 is 11.3 Å². The Morgan fingerprint density at radius 3 is 3.21 bits per heavy atom. The maximum absolute atomic E-state index is 12.2. The summed E-state index contributed by atoms with van der Waals surface area (Å²) in [6.07, 6.45) is 2.83. The van der Waals surface area contributed by atoms with Gasteiger partial charge in [0, 0.05) is 24.5 Å². The Morgan fingerprint density at radius 2 is 2.42 bits per heavy atom. The van der Waals surface area contributed by atoms with Gasteiger partial charge < -0.3 is 15.7 Å². The van der Waals surface area contributed by atoms with Gasteiger partial charge in [-0.2, -0.15) is 0 Å². The standard InChI is InChI=1S/C14H22N2O2S/c1-10(17)9-15-6-7-16-14(18)12-3-2-4-13-11(12)5-8-19-13/h5,8,10,12,15,17H,2-4,6-7,9H2,1H3,(H,16,18). The summed E-state index contributed by atoms with van der Waals surface area (Å²) in [5.74, 6) is 0.171. The van der Waals surface area contributed by atoms with Gasteiger partial charge in [0.15, 0.2) is 0 Å². The van der Waals surface area contributed by atoms with Gasteiger partial charge in [0.1, 0.15) is 0 Å². The molecule has 0 saturated carbocycles. The lowest BCUT2D eigenvalue weighted by Crippen LogP contribution is -2.37. The van der Waals surface area contributed by atoms with Gasteiger partial charge in [-0.25, -0.2) is 0 Å². The topological polar surface area (TPSA) is 61.4 Å². The number of aryl methyl sites for hydroxylation is 1. The zero-order valence-corrected chi connectivity index (χ0v) is 12.1. The van der Waals surface area contributed by atoms with Crippen molar-refractivity contribution in [3.63, 3.8) is 0 Å². The van der Waals surface area contributed by atoms with Crippen LogP contribution in [-0.2, 0) is 11.2 Å². The Kier molecular flexibility index (Phi) is 5.36. The number of aliphatic hydroxyl groups excluding tert-OH is 1. The summed E-state index contributed by atoms with van der Waals surface area (Å²) in [6.45, 7) is 3.61. The molecule has 0 bridgehead atoms. The number of fused-ring (bicyclic) bond motifs is 1. The van der Waals surface area contributed by atoms with E-state index >= 15 is 0 Å². The molecule has 0 radical (unpaired) electrons. The van der Waals surface area contributed by atoms with Crippen LogP contribution in [0.2, 0.25) is 0 Å². The van der Waals surface area contributed by atoms with E-state index in [-0.39, 0.29) is 17.9 Å². The van der Waals surface area contributed by atoms with Crippen LogP contribution in [0.15, 0.2) is 11.4 Å². The first-order valence-electron chi connectivity index (χ1n) is 6.91. The second kappa shape index (κ2) is 7.03. The van der Waals surface area contributed by atoms with E-state index in [9.17, 15) is 4.79 Å². The van der Waals surface area contributed by atoms with Gasteiger partial charge in [0.2, 0.25) is 5.91 Å². The molecule has 1 amide bonds. The lowest BCUT2D eigenvalue weighted by atomic mass is 9.87. The monoisotopic (exact) mass is 282 g/mol. The van der Waals surface area contributed by atoms with Gasteiger partial charge in [-0.1, -0.05) is 0 Å². The number of hydrogen-bond acceptors (Lipinski definition) is 4. The minimum atomic E-state index is -0.345. The Hall–Kier alpha value is -0.910. The molecule has 1 aromatic rings. The lowest BCUT2D eigenvalue weighted by Gasteiger charge is -2.21. The molecule has 1 aliphatic carbocycles. The molecule has 19 heavy (non-hydrogen) atoms. The van der Waals surface area contributed by atoms with Crippen LogP contribution in [0.25, 0.3) is 0 Å². The molecule has 0 aromatic carbocycles. The Bertz CT molecular complexity index is 417. The minimum Gasteiger partial charge on any atom is -0.392 e. The highest BCUT2D eigenvalue weighted by Gasteiger charge is 2.26. The van der Waals surface area contributed by atoms with Gasteiger partial charge >= 0.3 is 0 Å². The number of aliphatic hydroxyl groups is 1. The number of nitrogens with one attached hydrogen (secondary N) is 2. The smallest absolute Gasteiger partial charge is 0.227 e. The number of carbonyl (C=O) groups excluding carboxylic acids is 1. The van der Waals surface area contributed by atoms with Crippen LogP contribution in [0.4, 0.5) is 0 Å². The molecule has 2 unspecified atom stereocenters. The second-order valence-electron chi connectivity index (χ2n) is 5.09. The molecule has 0 saturated heterocycles. The highest BCUT2D eigenvalue weighted by molar-refractivity contribution is 7.10. The molecule has 0 fully saturated rings. The average Bonchev–Trinajstić information content (AvgIpc) is 2.85. The first kappa shape index (κ1) is 14.5. The first-order valence-corrected chi connectivity index (χ1v) is 7.79. The van der Waals surface area contributed by atoms with Crippen molar-refractivity contribution in [2.75, 3.05) is 19.6 Å². The molecule has 1 aromatic heterocycles. The third-order valence-corrected chi connectivity index (χ3v) is 4.41. The molecule has 1 heterocycles. The molecule has 0 aliphatic heterocycles. The number of rotatable bonds is 6. The molecule has 5 heteroatoms. The van der Waals surface area contributed by atoms with Gasteiger partial charge in [-0.15, -0.1) is 11.3 Å².